The molecule has 1 unspecified atom stereocenters. The summed E-state index contributed by atoms with van der Waals surface area (Å²) in [6.45, 7) is 0. The van der Waals surface area contributed by atoms with Gasteiger partial charge in [-0.3, -0.25) is 0 Å². The van der Waals surface area contributed by atoms with Gasteiger partial charge in [-0.25, -0.2) is 4.39 Å². The van der Waals surface area contributed by atoms with E-state index in [0.29, 0.717) is 26.6 Å². The highest BCUT2D eigenvalue weighted by Crippen LogP contribution is 2.38. The van der Waals surface area contributed by atoms with E-state index >= 15 is 0 Å². The molecule has 21 heavy (non-hydrogen) atoms. The van der Waals surface area contributed by atoms with Gasteiger partial charge in [0.1, 0.15) is 11.9 Å². The summed E-state index contributed by atoms with van der Waals surface area (Å²) in [4.78, 5) is 0. The molecule has 2 rings (SSSR count). The molecular weight excluding hydrogens is 363 g/mol. The van der Waals surface area contributed by atoms with E-state index < -0.39 is 11.9 Å². The van der Waals surface area contributed by atoms with Crippen LogP contribution in [0.5, 0.6) is 11.5 Å². The Balaban J connectivity index is 2.52. The molecule has 0 radical (unpaired) electrons. The zero-order valence-electron chi connectivity index (χ0n) is 11.4. The molecule has 6 heteroatoms. The summed E-state index contributed by atoms with van der Waals surface area (Å²) in [5, 5.41) is 10.8. The minimum Gasteiger partial charge on any atom is -0.493 e. The van der Waals surface area contributed by atoms with Crippen LogP contribution in [0.4, 0.5) is 4.39 Å². The number of methoxy groups -OCH3 is 2. The van der Waals surface area contributed by atoms with Crippen LogP contribution in [0.2, 0.25) is 5.02 Å². The van der Waals surface area contributed by atoms with Gasteiger partial charge in [0.05, 0.1) is 14.2 Å². The Kier molecular flexibility index (Phi) is 5.08. The average molecular weight is 376 g/mol. The summed E-state index contributed by atoms with van der Waals surface area (Å²) in [6.07, 6.45) is -1.18. The first-order chi connectivity index (χ1) is 9.97. The van der Waals surface area contributed by atoms with E-state index in [2.05, 4.69) is 15.9 Å². The highest BCUT2D eigenvalue weighted by Gasteiger charge is 2.20. The van der Waals surface area contributed by atoms with Gasteiger partial charge in [-0.1, -0.05) is 27.5 Å². The van der Waals surface area contributed by atoms with Crippen LogP contribution in [0.25, 0.3) is 0 Å². The first-order valence-corrected chi connectivity index (χ1v) is 7.19. The smallest absolute Gasteiger partial charge is 0.161 e. The number of hydrogen-bond donors (Lipinski definition) is 1. The molecule has 0 saturated heterocycles. The van der Waals surface area contributed by atoms with Gasteiger partial charge in [-0.15, -0.1) is 0 Å². The predicted molar refractivity (Wildman–Crippen MR) is 82.7 cm³/mol. The molecule has 3 nitrogen and oxygen atoms in total. The maximum absolute atomic E-state index is 13.9. The Labute approximate surface area is 135 Å². The SMILES string of the molecule is COc1cc(Br)c(C(O)c2cc(Cl)ccc2F)cc1OC. The van der Waals surface area contributed by atoms with Gasteiger partial charge in [-0.05, 0) is 30.3 Å². The van der Waals surface area contributed by atoms with E-state index in [1.54, 1.807) is 12.1 Å². The summed E-state index contributed by atoms with van der Waals surface area (Å²) in [6, 6.07) is 7.28. The van der Waals surface area contributed by atoms with Crippen molar-refractivity contribution in [2.45, 2.75) is 6.10 Å². The third-order valence-corrected chi connectivity index (χ3v) is 3.97. The van der Waals surface area contributed by atoms with Crippen LogP contribution >= 0.6 is 27.5 Å². The number of aliphatic hydroxyl groups is 1. The van der Waals surface area contributed by atoms with E-state index in [4.69, 9.17) is 21.1 Å². The summed E-state index contributed by atoms with van der Waals surface area (Å²) in [5.41, 5.74) is 0.546. The van der Waals surface area contributed by atoms with Crippen molar-refractivity contribution in [1.82, 2.24) is 0 Å². The van der Waals surface area contributed by atoms with E-state index in [1.165, 1.54) is 32.4 Å². The molecule has 1 atom stereocenters. The number of hydrogen-bond acceptors (Lipinski definition) is 3. The van der Waals surface area contributed by atoms with E-state index in [0.717, 1.165) is 0 Å². The second-order valence-corrected chi connectivity index (χ2v) is 5.59. The Morgan fingerprint density at radius 1 is 1.10 bits per heavy atom. The van der Waals surface area contributed by atoms with E-state index in [1.807, 2.05) is 0 Å². The van der Waals surface area contributed by atoms with E-state index in [-0.39, 0.29) is 5.56 Å². The fraction of sp³-hybridized carbons (Fsp3) is 0.200. The fourth-order valence-electron chi connectivity index (χ4n) is 1.97. The molecule has 112 valence electrons. The number of rotatable bonds is 4. The molecule has 2 aromatic rings. The van der Waals surface area contributed by atoms with Gasteiger partial charge >= 0.3 is 0 Å². The molecular formula is C15H13BrClFO3. The summed E-state index contributed by atoms with van der Waals surface area (Å²) in [7, 11) is 3.00. The zero-order valence-corrected chi connectivity index (χ0v) is 13.7. The molecule has 0 heterocycles. The molecule has 0 aliphatic carbocycles. The van der Waals surface area contributed by atoms with Crippen molar-refractivity contribution in [3.63, 3.8) is 0 Å². The molecule has 0 aromatic heterocycles. The van der Waals surface area contributed by atoms with Gasteiger partial charge in [-0.2, -0.15) is 0 Å². The standard InChI is InChI=1S/C15H13BrClFO3/c1-20-13-6-9(11(16)7-14(13)21-2)15(19)10-5-8(17)3-4-12(10)18/h3-7,15,19H,1-2H3. The van der Waals surface area contributed by atoms with Gasteiger partial charge < -0.3 is 14.6 Å². The van der Waals surface area contributed by atoms with Crippen LogP contribution in [0.3, 0.4) is 0 Å². The van der Waals surface area contributed by atoms with Crippen LogP contribution in [-0.2, 0) is 0 Å². The molecule has 1 N–H and O–H groups in total. The van der Waals surface area contributed by atoms with E-state index in [9.17, 15) is 9.50 Å². The molecule has 0 amide bonds. The first kappa shape index (κ1) is 16.1. The lowest BCUT2D eigenvalue weighted by Crippen LogP contribution is -2.05. The topological polar surface area (TPSA) is 38.7 Å². The van der Waals surface area contributed by atoms with Crippen molar-refractivity contribution in [3.8, 4) is 11.5 Å². The van der Waals surface area contributed by atoms with Gasteiger partial charge in [0, 0.05) is 20.6 Å². The number of ether oxygens (including phenoxy) is 2. The predicted octanol–water partition coefficient (Wildman–Crippen LogP) is 4.34. The lowest BCUT2D eigenvalue weighted by atomic mass is 10.0. The zero-order chi connectivity index (χ0) is 15.6. The van der Waals surface area contributed by atoms with Gasteiger partial charge in [0.2, 0.25) is 0 Å². The monoisotopic (exact) mass is 374 g/mol. The van der Waals surface area contributed by atoms with Crippen molar-refractivity contribution in [2.24, 2.45) is 0 Å². The summed E-state index contributed by atoms with van der Waals surface area (Å²) < 4.78 is 24.8. The minimum atomic E-state index is -1.18. The number of halogens is 3. The van der Waals surface area contributed by atoms with Crippen molar-refractivity contribution in [1.29, 1.82) is 0 Å². The Bertz CT molecular complexity index is 664. The van der Waals surface area contributed by atoms with Crippen LogP contribution < -0.4 is 9.47 Å². The van der Waals surface area contributed by atoms with Crippen LogP contribution in [0.1, 0.15) is 17.2 Å². The van der Waals surface area contributed by atoms with Crippen molar-refractivity contribution in [3.05, 3.63) is 56.8 Å². The third kappa shape index (κ3) is 3.31. The molecule has 0 fully saturated rings. The molecule has 0 bridgehead atoms. The second kappa shape index (κ2) is 6.64. The van der Waals surface area contributed by atoms with Crippen LogP contribution in [-0.4, -0.2) is 19.3 Å². The lowest BCUT2D eigenvalue weighted by Gasteiger charge is -2.17. The molecule has 0 spiro atoms. The van der Waals surface area contributed by atoms with Crippen LogP contribution in [0, 0.1) is 5.82 Å². The lowest BCUT2D eigenvalue weighted by molar-refractivity contribution is 0.213. The van der Waals surface area contributed by atoms with Gasteiger partial charge in [0.15, 0.2) is 11.5 Å². The van der Waals surface area contributed by atoms with Crippen LogP contribution in [0.15, 0.2) is 34.8 Å². The maximum atomic E-state index is 13.9. The fourth-order valence-corrected chi connectivity index (χ4v) is 2.69. The van der Waals surface area contributed by atoms with Crippen molar-refractivity contribution in [2.75, 3.05) is 14.2 Å². The summed E-state index contributed by atoms with van der Waals surface area (Å²) in [5.74, 6) is 0.415. The molecule has 2 aromatic carbocycles. The molecule has 0 saturated carbocycles. The first-order valence-electron chi connectivity index (χ1n) is 6.02. The highest BCUT2D eigenvalue weighted by atomic mass is 79.9. The maximum Gasteiger partial charge on any atom is 0.161 e. The second-order valence-electron chi connectivity index (χ2n) is 4.30. The quantitative estimate of drug-likeness (QED) is 0.864. The largest absolute Gasteiger partial charge is 0.493 e. The van der Waals surface area contributed by atoms with Crippen molar-refractivity contribution >= 4 is 27.5 Å². The Morgan fingerprint density at radius 3 is 2.33 bits per heavy atom. The molecule has 0 aliphatic heterocycles. The normalized spacial score (nSPS) is 12.1. The summed E-state index contributed by atoms with van der Waals surface area (Å²) >= 11 is 9.20. The van der Waals surface area contributed by atoms with Crippen molar-refractivity contribution < 1.29 is 19.0 Å². The average Bonchev–Trinajstić information content (AvgIpc) is 2.48. The Morgan fingerprint density at radius 2 is 1.71 bits per heavy atom. The third-order valence-electron chi connectivity index (χ3n) is 3.05. The minimum absolute atomic E-state index is 0.0930. The van der Waals surface area contributed by atoms with Gasteiger partial charge in [0.25, 0.3) is 0 Å². The molecule has 0 aliphatic rings. The number of benzene rings is 2. The Hall–Kier alpha value is -1.30. The number of aliphatic hydroxyl groups excluding tert-OH is 1. The highest BCUT2D eigenvalue weighted by molar-refractivity contribution is 9.10.